The number of urea groups is 1. The molecule has 3 fully saturated rings. The van der Waals surface area contributed by atoms with Crippen molar-refractivity contribution >= 4 is 21.8 Å². The van der Waals surface area contributed by atoms with Gasteiger partial charge < -0.3 is 30.5 Å². The highest BCUT2D eigenvalue weighted by Gasteiger charge is 2.37. The Bertz CT molecular complexity index is 682. The van der Waals surface area contributed by atoms with Crippen LogP contribution in [0, 0.1) is 5.92 Å². The third-order valence-corrected chi connectivity index (χ3v) is 7.48. The lowest BCUT2D eigenvalue weighted by molar-refractivity contribution is -0.126. The van der Waals surface area contributed by atoms with Crippen LogP contribution in [0.3, 0.4) is 0 Å². The summed E-state index contributed by atoms with van der Waals surface area (Å²) in [4.78, 5) is 26.9. The normalized spacial score (nSPS) is 29.2. The molecule has 1 heterocycles. The topological polar surface area (TPSA) is 145 Å². The third kappa shape index (κ3) is 6.53. The van der Waals surface area contributed by atoms with Crippen molar-refractivity contribution in [3.63, 3.8) is 0 Å². The number of morpholine rings is 1. The maximum absolute atomic E-state index is 12.8. The summed E-state index contributed by atoms with van der Waals surface area (Å²) in [5, 5.41) is 25.3. The van der Waals surface area contributed by atoms with Crippen LogP contribution in [0.2, 0.25) is 0 Å². The molecular weight excluding hydrogens is 402 g/mol. The zero-order valence-corrected chi connectivity index (χ0v) is 17.3. The molecule has 3 amide bonds. The summed E-state index contributed by atoms with van der Waals surface area (Å²) in [5.41, 5.74) is 0. The Hall–Kier alpha value is -1.43. The van der Waals surface area contributed by atoms with Crippen molar-refractivity contribution < 1.29 is 33.0 Å². The monoisotopic (exact) mass is 433 g/mol. The fourth-order valence-electron chi connectivity index (χ4n) is 3.76. The van der Waals surface area contributed by atoms with Crippen molar-refractivity contribution in [3.8, 4) is 0 Å². The maximum Gasteiger partial charge on any atom is 0.318 e. The Morgan fingerprint density at radius 2 is 1.69 bits per heavy atom. The largest absolute Gasteiger partial charge is 0.391 e. The zero-order valence-electron chi connectivity index (χ0n) is 16.5. The van der Waals surface area contributed by atoms with Gasteiger partial charge in [-0.3, -0.25) is 4.79 Å². The fourth-order valence-corrected chi connectivity index (χ4v) is 5.69. The Morgan fingerprint density at radius 3 is 2.28 bits per heavy atom. The number of rotatable bonds is 7. The second-order valence-corrected chi connectivity index (χ2v) is 10.4. The molecule has 166 valence electrons. The van der Waals surface area contributed by atoms with Crippen molar-refractivity contribution in [1.82, 2.24) is 15.5 Å². The number of amides is 3. The van der Waals surface area contributed by atoms with Gasteiger partial charge in [0.1, 0.15) is 6.04 Å². The first kappa shape index (κ1) is 22.3. The minimum Gasteiger partial charge on any atom is -0.391 e. The molecule has 0 radical (unpaired) electrons. The molecule has 29 heavy (non-hydrogen) atoms. The minimum absolute atomic E-state index is 0.00111. The van der Waals surface area contributed by atoms with E-state index < -0.39 is 51.8 Å². The van der Waals surface area contributed by atoms with Gasteiger partial charge in [0, 0.05) is 13.1 Å². The van der Waals surface area contributed by atoms with E-state index in [2.05, 4.69) is 10.6 Å². The summed E-state index contributed by atoms with van der Waals surface area (Å²) in [5.74, 6) is -1.10. The smallest absolute Gasteiger partial charge is 0.318 e. The molecule has 0 aromatic carbocycles. The van der Waals surface area contributed by atoms with Crippen LogP contribution in [-0.4, -0.2) is 97.6 Å². The number of nitrogens with one attached hydrogen (secondary N) is 2. The van der Waals surface area contributed by atoms with E-state index in [0.717, 1.165) is 12.8 Å². The predicted octanol–water partition coefficient (Wildman–Crippen LogP) is -1.39. The molecule has 0 aromatic rings. The zero-order chi connectivity index (χ0) is 21.0. The van der Waals surface area contributed by atoms with Crippen molar-refractivity contribution in [2.75, 3.05) is 37.8 Å². The summed E-state index contributed by atoms with van der Waals surface area (Å²) in [6, 6.07) is -2.71. The Balaban J connectivity index is 1.68. The highest BCUT2D eigenvalue weighted by molar-refractivity contribution is 7.91. The number of hydrogen-bond donors (Lipinski definition) is 4. The van der Waals surface area contributed by atoms with Crippen LogP contribution in [0.25, 0.3) is 0 Å². The van der Waals surface area contributed by atoms with Gasteiger partial charge in [0.25, 0.3) is 0 Å². The van der Waals surface area contributed by atoms with E-state index in [-0.39, 0.29) is 11.7 Å². The molecule has 11 heteroatoms. The number of nitrogens with zero attached hydrogens (tertiary/aromatic N) is 1. The van der Waals surface area contributed by atoms with Gasteiger partial charge in [-0.05, 0) is 38.0 Å². The molecule has 0 bridgehead atoms. The van der Waals surface area contributed by atoms with Gasteiger partial charge in [-0.25, -0.2) is 13.2 Å². The molecule has 3 aliphatic rings. The van der Waals surface area contributed by atoms with Gasteiger partial charge >= 0.3 is 6.03 Å². The predicted molar refractivity (Wildman–Crippen MR) is 104 cm³/mol. The number of aliphatic hydroxyl groups is 2. The molecular formula is C18H31N3O7S. The van der Waals surface area contributed by atoms with Crippen molar-refractivity contribution in [1.29, 1.82) is 0 Å². The highest BCUT2D eigenvalue weighted by Crippen LogP contribution is 2.30. The molecule has 2 aliphatic carbocycles. The standard InChI is InChI=1S/C18H31N3O7S/c22-14-2-1-3-15(23)16(14)20-17(24)13(11-29(26,27)10-12-4-5-12)19-18(25)21-6-8-28-9-7-21/h12-16,22-23H,1-11H2,(H,19,25)(H,20,24)/t13?,14-,15?,16?/m1/s1. The number of carbonyl (C=O) groups is 2. The van der Waals surface area contributed by atoms with E-state index in [0.29, 0.717) is 45.6 Å². The van der Waals surface area contributed by atoms with E-state index in [9.17, 15) is 28.2 Å². The first-order valence-corrected chi connectivity index (χ1v) is 12.1. The van der Waals surface area contributed by atoms with Crippen LogP contribution in [0.5, 0.6) is 0 Å². The summed E-state index contributed by atoms with van der Waals surface area (Å²) >= 11 is 0. The van der Waals surface area contributed by atoms with Crippen LogP contribution in [-0.2, 0) is 19.4 Å². The third-order valence-electron chi connectivity index (χ3n) is 5.66. The quantitative estimate of drug-likeness (QED) is 0.387. The molecule has 0 spiro atoms. The minimum atomic E-state index is -3.55. The Labute approximate surface area is 170 Å². The first-order valence-electron chi connectivity index (χ1n) is 10.3. The highest BCUT2D eigenvalue weighted by atomic mass is 32.2. The lowest BCUT2D eigenvalue weighted by Crippen LogP contribution is -2.60. The van der Waals surface area contributed by atoms with E-state index in [1.165, 1.54) is 4.90 Å². The van der Waals surface area contributed by atoms with E-state index in [1.54, 1.807) is 0 Å². The van der Waals surface area contributed by atoms with Gasteiger partial charge in [0.2, 0.25) is 5.91 Å². The van der Waals surface area contributed by atoms with Crippen molar-refractivity contribution in [2.24, 2.45) is 5.92 Å². The van der Waals surface area contributed by atoms with Gasteiger partial charge in [-0.15, -0.1) is 0 Å². The van der Waals surface area contributed by atoms with Gasteiger partial charge in [-0.1, -0.05) is 0 Å². The van der Waals surface area contributed by atoms with Gasteiger partial charge in [0.15, 0.2) is 9.84 Å². The maximum atomic E-state index is 12.8. The first-order chi connectivity index (χ1) is 13.7. The molecule has 0 aromatic heterocycles. The van der Waals surface area contributed by atoms with Crippen LogP contribution in [0.4, 0.5) is 4.79 Å². The van der Waals surface area contributed by atoms with E-state index >= 15 is 0 Å². The average molecular weight is 434 g/mol. The van der Waals surface area contributed by atoms with Crippen LogP contribution < -0.4 is 10.6 Å². The second kappa shape index (κ2) is 9.59. The molecule has 3 unspecified atom stereocenters. The van der Waals surface area contributed by atoms with Crippen molar-refractivity contribution in [2.45, 2.75) is 56.4 Å². The van der Waals surface area contributed by atoms with Crippen LogP contribution >= 0.6 is 0 Å². The molecule has 10 nitrogen and oxygen atoms in total. The average Bonchev–Trinajstić information content (AvgIpc) is 3.47. The number of ether oxygens (including phenoxy) is 1. The summed E-state index contributed by atoms with van der Waals surface area (Å²) in [6.07, 6.45) is 1.40. The SMILES string of the molecule is O=C(NC1C(O)CCC[C@H]1O)C(CS(=O)(=O)CC1CC1)NC(=O)N1CCOCC1. The van der Waals surface area contributed by atoms with E-state index in [4.69, 9.17) is 4.74 Å². The molecule has 3 rings (SSSR count). The number of sulfone groups is 1. The van der Waals surface area contributed by atoms with E-state index in [1.807, 2.05) is 0 Å². The number of aliphatic hydroxyl groups excluding tert-OH is 2. The van der Waals surface area contributed by atoms with Crippen LogP contribution in [0.1, 0.15) is 32.1 Å². The molecule has 1 aliphatic heterocycles. The van der Waals surface area contributed by atoms with Crippen molar-refractivity contribution in [3.05, 3.63) is 0 Å². The molecule has 4 atom stereocenters. The Kier molecular flexibility index (Phi) is 7.36. The molecule has 1 saturated heterocycles. The lowest BCUT2D eigenvalue weighted by atomic mass is 9.90. The number of carbonyl (C=O) groups excluding carboxylic acids is 2. The fraction of sp³-hybridized carbons (Fsp3) is 0.889. The summed E-state index contributed by atoms with van der Waals surface area (Å²) < 4.78 is 30.2. The summed E-state index contributed by atoms with van der Waals surface area (Å²) in [6.45, 7) is 1.47. The lowest BCUT2D eigenvalue weighted by Gasteiger charge is -2.34. The number of hydrogen-bond acceptors (Lipinski definition) is 7. The van der Waals surface area contributed by atoms with Gasteiger partial charge in [-0.2, -0.15) is 0 Å². The summed E-state index contributed by atoms with van der Waals surface area (Å²) in [7, 11) is -3.55. The van der Waals surface area contributed by atoms with Crippen LogP contribution in [0.15, 0.2) is 0 Å². The Morgan fingerprint density at radius 1 is 1.07 bits per heavy atom. The molecule has 2 saturated carbocycles. The second-order valence-electron chi connectivity index (χ2n) is 8.22. The molecule has 4 N–H and O–H groups in total. The van der Waals surface area contributed by atoms with Gasteiger partial charge in [0.05, 0.1) is 43.0 Å².